The van der Waals surface area contributed by atoms with Crippen LogP contribution in [0.4, 0.5) is 5.13 Å². The molecule has 4 rings (SSSR count). The van der Waals surface area contributed by atoms with Crippen molar-refractivity contribution in [2.75, 3.05) is 19.0 Å². The lowest BCUT2D eigenvalue weighted by molar-refractivity contribution is 0.0995. The highest BCUT2D eigenvalue weighted by molar-refractivity contribution is 9.10. The lowest BCUT2D eigenvalue weighted by atomic mass is 9.99. The first kappa shape index (κ1) is 18.2. The number of hydrogen-bond donors (Lipinski definition) is 1. The maximum Gasteiger partial charge on any atom is 0.293 e. The predicted molar refractivity (Wildman–Crippen MR) is 107 cm³/mol. The fraction of sp³-hybridized carbons (Fsp3) is 0.263. The van der Waals surface area contributed by atoms with Gasteiger partial charge in [0.05, 0.1) is 12.8 Å². The smallest absolute Gasteiger partial charge is 0.293 e. The van der Waals surface area contributed by atoms with Crippen LogP contribution in [0.5, 0.6) is 5.75 Å². The Kier molecular flexibility index (Phi) is 5.29. The molecule has 27 heavy (non-hydrogen) atoms. The predicted octanol–water partition coefficient (Wildman–Crippen LogP) is 4.32. The van der Waals surface area contributed by atoms with Crippen molar-refractivity contribution in [3.05, 3.63) is 63.0 Å². The summed E-state index contributed by atoms with van der Waals surface area (Å²) >= 11 is 4.61. The van der Waals surface area contributed by atoms with Crippen LogP contribution >= 0.6 is 27.3 Å². The molecule has 0 bridgehead atoms. The van der Waals surface area contributed by atoms with E-state index in [0.717, 1.165) is 37.5 Å². The van der Waals surface area contributed by atoms with E-state index in [1.807, 2.05) is 11.4 Å². The van der Waals surface area contributed by atoms with E-state index in [9.17, 15) is 4.79 Å². The van der Waals surface area contributed by atoms with Gasteiger partial charge in [-0.15, -0.1) is 11.3 Å². The summed E-state index contributed by atoms with van der Waals surface area (Å²) in [6.07, 6.45) is 0.994. The van der Waals surface area contributed by atoms with Gasteiger partial charge in [-0.3, -0.25) is 15.0 Å². The van der Waals surface area contributed by atoms with E-state index in [4.69, 9.17) is 9.15 Å². The lowest BCUT2D eigenvalue weighted by Gasteiger charge is -2.28. The van der Waals surface area contributed by atoms with Gasteiger partial charge in [0.25, 0.3) is 5.91 Å². The number of carbonyl (C=O) groups excluding carboxylic acids is 1. The zero-order chi connectivity index (χ0) is 18.8. The summed E-state index contributed by atoms with van der Waals surface area (Å²) in [6.45, 7) is 2.61. The van der Waals surface area contributed by atoms with Crippen LogP contribution in [0.25, 0.3) is 0 Å². The minimum atomic E-state index is -0.303. The molecule has 0 saturated carbocycles. The van der Waals surface area contributed by atoms with Gasteiger partial charge in [0, 0.05) is 25.0 Å². The monoisotopic (exact) mass is 447 g/mol. The largest absolute Gasteiger partial charge is 0.497 e. The average molecular weight is 448 g/mol. The van der Waals surface area contributed by atoms with Crippen molar-refractivity contribution >= 4 is 38.3 Å². The summed E-state index contributed by atoms with van der Waals surface area (Å²) in [5.41, 5.74) is 3.63. The molecule has 0 spiro atoms. The van der Waals surface area contributed by atoms with Gasteiger partial charge in [0.1, 0.15) is 5.75 Å². The van der Waals surface area contributed by atoms with Crippen LogP contribution in [-0.4, -0.2) is 29.4 Å². The molecule has 6 nitrogen and oxygen atoms in total. The van der Waals surface area contributed by atoms with Crippen molar-refractivity contribution < 1.29 is 13.9 Å². The molecule has 0 unspecified atom stereocenters. The first-order chi connectivity index (χ1) is 13.1. The summed E-state index contributed by atoms with van der Waals surface area (Å²) in [6, 6.07) is 9.57. The quantitative estimate of drug-likeness (QED) is 0.630. The maximum absolute atomic E-state index is 12.1. The summed E-state index contributed by atoms with van der Waals surface area (Å²) in [5.74, 6) is 0.856. The molecule has 3 heterocycles. The number of carbonyl (C=O) groups is 1. The third-order valence-electron chi connectivity index (χ3n) is 4.46. The van der Waals surface area contributed by atoms with Crippen LogP contribution < -0.4 is 10.1 Å². The topological polar surface area (TPSA) is 67.6 Å². The van der Waals surface area contributed by atoms with Crippen LogP contribution in [0.2, 0.25) is 0 Å². The number of benzene rings is 1. The first-order valence-corrected chi connectivity index (χ1v) is 10.2. The summed E-state index contributed by atoms with van der Waals surface area (Å²) in [5, 5.41) is 5.34. The number of nitrogens with zero attached hydrogens (tertiary/aromatic N) is 2. The molecule has 1 amide bonds. The number of methoxy groups -OCH3 is 1. The van der Waals surface area contributed by atoms with Gasteiger partial charge in [-0.1, -0.05) is 6.07 Å². The number of amides is 1. The SMILES string of the molecule is COc1ccc2c(c1)CCN(Cc1csc(NC(=O)c3ccc(Br)o3)n1)C2. The fourth-order valence-corrected chi connectivity index (χ4v) is 4.11. The molecule has 0 saturated heterocycles. The Morgan fingerprint density at radius 1 is 1.37 bits per heavy atom. The number of ether oxygens (including phenoxy) is 1. The fourth-order valence-electron chi connectivity index (χ4n) is 3.11. The molecule has 1 aromatic carbocycles. The maximum atomic E-state index is 12.1. The van der Waals surface area contributed by atoms with Gasteiger partial charge in [0.2, 0.25) is 0 Å². The van der Waals surface area contributed by atoms with Gasteiger partial charge in [0.15, 0.2) is 15.6 Å². The number of thiazole rings is 1. The van der Waals surface area contributed by atoms with Crippen molar-refractivity contribution in [1.82, 2.24) is 9.88 Å². The molecule has 0 fully saturated rings. The van der Waals surface area contributed by atoms with Crippen LogP contribution in [0.1, 0.15) is 27.4 Å². The molecule has 0 radical (unpaired) electrons. The third-order valence-corrected chi connectivity index (χ3v) is 5.69. The Morgan fingerprint density at radius 3 is 3.04 bits per heavy atom. The van der Waals surface area contributed by atoms with Crippen molar-refractivity contribution in [2.45, 2.75) is 19.5 Å². The van der Waals surface area contributed by atoms with Crippen molar-refractivity contribution in [2.24, 2.45) is 0 Å². The first-order valence-electron chi connectivity index (χ1n) is 8.50. The molecule has 1 N–H and O–H groups in total. The Balaban J connectivity index is 1.37. The zero-order valence-corrected chi connectivity index (χ0v) is 17.1. The highest BCUT2D eigenvalue weighted by atomic mass is 79.9. The molecule has 2 aromatic heterocycles. The van der Waals surface area contributed by atoms with Gasteiger partial charge in [-0.25, -0.2) is 4.98 Å². The number of anilines is 1. The van der Waals surface area contributed by atoms with E-state index in [1.54, 1.807) is 19.2 Å². The van der Waals surface area contributed by atoms with Gasteiger partial charge in [-0.2, -0.15) is 0 Å². The second-order valence-corrected chi connectivity index (χ2v) is 7.94. The van der Waals surface area contributed by atoms with Gasteiger partial charge in [-0.05, 0) is 57.7 Å². The Bertz CT molecular complexity index is 969. The number of nitrogens with one attached hydrogen (secondary N) is 1. The molecule has 0 atom stereocenters. The minimum absolute atomic E-state index is 0.252. The normalized spacial score (nSPS) is 14.0. The molecule has 0 aliphatic carbocycles. The standard InChI is InChI=1S/C19H18BrN3O3S/c1-25-15-3-2-13-9-23(7-6-12(13)8-15)10-14-11-27-19(21-14)22-18(24)16-4-5-17(20)26-16/h2-5,8,11H,6-7,9-10H2,1H3,(H,21,22,24). The van der Waals surface area contributed by atoms with Crippen LogP contribution in [0, 0.1) is 0 Å². The summed E-state index contributed by atoms with van der Waals surface area (Å²) < 4.78 is 11.1. The highest BCUT2D eigenvalue weighted by Crippen LogP contribution is 2.26. The van der Waals surface area contributed by atoms with Crippen LogP contribution in [-0.2, 0) is 19.5 Å². The van der Waals surface area contributed by atoms with E-state index < -0.39 is 0 Å². The Hall–Kier alpha value is -2.16. The third kappa shape index (κ3) is 4.23. The second-order valence-electron chi connectivity index (χ2n) is 6.30. The van der Waals surface area contributed by atoms with E-state index in [-0.39, 0.29) is 11.7 Å². The average Bonchev–Trinajstić information content (AvgIpc) is 3.30. The van der Waals surface area contributed by atoms with E-state index in [1.165, 1.54) is 22.5 Å². The van der Waals surface area contributed by atoms with E-state index in [0.29, 0.717) is 9.80 Å². The Morgan fingerprint density at radius 2 is 2.26 bits per heavy atom. The van der Waals surface area contributed by atoms with Crippen LogP contribution in [0.3, 0.4) is 0 Å². The van der Waals surface area contributed by atoms with Crippen molar-refractivity contribution in [3.8, 4) is 5.75 Å². The molecule has 8 heteroatoms. The highest BCUT2D eigenvalue weighted by Gasteiger charge is 2.18. The van der Waals surface area contributed by atoms with E-state index >= 15 is 0 Å². The molecular formula is C19H18BrN3O3S. The number of fused-ring (bicyclic) bond motifs is 1. The zero-order valence-electron chi connectivity index (χ0n) is 14.7. The number of furan rings is 1. The molecule has 1 aliphatic heterocycles. The summed E-state index contributed by atoms with van der Waals surface area (Å²) in [7, 11) is 1.69. The van der Waals surface area contributed by atoms with Crippen LogP contribution in [0.15, 0.2) is 44.8 Å². The number of aromatic nitrogens is 1. The number of hydrogen-bond acceptors (Lipinski definition) is 6. The second kappa shape index (κ2) is 7.84. The molecule has 3 aromatic rings. The molecular weight excluding hydrogens is 430 g/mol. The minimum Gasteiger partial charge on any atom is -0.497 e. The lowest BCUT2D eigenvalue weighted by Crippen LogP contribution is -2.30. The molecule has 140 valence electrons. The summed E-state index contributed by atoms with van der Waals surface area (Å²) in [4.78, 5) is 19.0. The van der Waals surface area contributed by atoms with Gasteiger partial charge < -0.3 is 9.15 Å². The van der Waals surface area contributed by atoms with E-state index in [2.05, 4.69) is 43.3 Å². The Labute approximate surface area is 169 Å². The van der Waals surface area contributed by atoms with Gasteiger partial charge >= 0.3 is 0 Å². The number of rotatable bonds is 5. The van der Waals surface area contributed by atoms with Crippen molar-refractivity contribution in [3.63, 3.8) is 0 Å². The van der Waals surface area contributed by atoms with Crippen molar-refractivity contribution in [1.29, 1.82) is 0 Å². The molecule has 1 aliphatic rings. The number of halogens is 1.